The second-order valence-corrected chi connectivity index (χ2v) is 8.63. The number of carbonyl (C=O) groups is 1. The van der Waals surface area contributed by atoms with Crippen LogP contribution in [0.1, 0.15) is 36.2 Å². The molecular weight excluding hydrogens is 445 g/mol. The van der Waals surface area contributed by atoms with Gasteiger partial charge in [-0.05, 0) is 55.3 Å². The van der Waals surface area contributed by atoms with Gasteiger partial charge in [-0.2, -0.15) is 0 Å². The van der Waals surface area contributed by atoms with Crippen LogP contribution in [-0.4, -0.2) is 32.7 Å². The van der Waals surface area contributed by atoms with Crippen molar-refractivity contribution in [2.45, 2.75) is 37.8 Å². The normalized spacial score (nSPS) is 18.9. The molecule has 0 bridgehead atoms. The summed E-state index contributed by atoms with van der Waals surface area (Å²) in [4.78, 5) is 17.5. The van der Waals surface area contributed by atoms with Crippen LogP contribution < -0.4 is 5.32 Å². The molecule has 5 nitrogen and oxygen atoms in total. The Labute approximate surface area is 189 Å². The Morgan fingerprint density at radius 2 is 1.73 bits per heavy atom. The molecule has 2 atom stereocenters. The fourth-order valence-electron chi connectivity index (χ4n) is 3.67. The first-order chi connectivity index (χ1) is 14.4. The molecule has 1 heterocycles. The second kappa shape index (κ2) is 8.98. The van der Waals surface area contributed by atoms with Crippen LogP contribution in [0, 0.1) is 0 Å². The van der Waals surface area contributed by atoms with E-state index in [1.807, 2.05) is 12.1 Å². The highest BCUT2D eigenvalue weighted by Gasteiger charge is 2.26. The number of hydrogen-bond donors (Lipinski definition) is 2. The summed E-state index contributed by atoms with van der Waals surface area (Å²) < 4.78 is 1.79. The molecule has 2 N–H and O–H groups in total. The molecule has 2 aromatic carbocycles. The van der Waals surface area contributed by atoms with Gasteiger partial charge in [0, 0.05) is 27.5 Å². The molecule has 3 aromatic rings. The highest BCUT2D eigenvalue weighted by molar-refractivity contribution is 6.36. The van der Waals surface area contributed by atoms with E-state index in [0.29, 0.717) is 32.9 Å². The molecular formula is C22H20Cl3N3O2. The molecule has 4 rings (SSSR count). The van der Waals surface area contributed by atoms with Crippen molar-refractivity contribution >= 4 is 40.7 Å². The molecule has 1 saturated carbocycles. The van der Waals surface area contributed by atoms with Crippen LogP contribution in [0.25, 0.3) is 17.1 Å². The minimum atomic E-state index is -0.536. The first-order valence-corrected chi connectivity index (χ1v) is 10.9. The highest BCUT2D eigenvalue weighted by atomic mass is 35.5. The van der Waals surface area contributed by atoms with Crippen LogP contribution >= 0.6 is 34.8 Å². The van der Waals surface area contributed by atoms with Gasteiger partial charge in [0.05, 0.1) is 17.2 Å². The van der Waals surface area contributed by atoms with Crippen molar-refractivity contribution in [2.24, 2.45) is 0 Å². The van der Waals surface area contributed by atoms with Crippen molar-refractivity contribution in [1.29, 1.82) is 0 Å². The smallest absolute Gasteiger partial charge is 0.271 e. The number of imidazole rings is 1. The number of aromatic nitrogens is 2. The van der Waals surface area contributed by atoms with E-state index >= 15 is 0 Å². The first-order valence-electron chi connectivity index (χ1n) is 9.72. The molecule has 30 heavy (non-hydrogen) atoms. The zero-order chi connectivity index (χ0) is 21.3. The van der Waals surface area contributed by atoms with E-state index in [1.165, 1.54) is 0 Å². The number of hydrogen-bond acceptors (Lipinski definition) is 3. The van der Waals surface area contributed by atoms with Gasteiger partial charge in [0.25, 0.3) is 5.91 Å². The Morgan fingerprint density at radius 1 is 1.03 bits per heavy atom. The lowest BCUT2D eigenvalue weighted by atomic mass is 9.92. The summed E-state index contributed by atoms with van der Waals surface area (Å²) in [6, 6.07) is 12.1. The van der Waals surface area contributed by atoms with E-state index in [2.05, 4.69) is 10.3 Å². The van der Waals surface area contributed by atoms with E-state index < -0.39 is 6.10 Å². The summed E-state index contributed by atoms with van der Waals surface area (Å²) in [6.07, 6.45) is 4.52. The number of nitrogens with zero attached hydrogens (tertiary/aromatic N) is 2. The maximum Gasteiger partial charge on any atom is 0.271 e. The number of halogens is 3. The molecule has 1 aromatic heterocycles. The Bertz CT molecular complexity index is 1070. The van der Waals surface area contributed by atoms with Crippen molar-refractivity contribution in [3.8, 4) is 17.1 Å². The lowest BCUT2D eigenvalue weighted by Gasteiger charge is -2.27. The number of rotatable bonds is 4. The van der Waals surface area contributed by atoms with Gasteiger partial charge in [-0.3, -0.25) is 9.36 Å². The highest BCUT2D eigenvalue weighted by Crippen LogP contribution is 2.32. The number of benzene rings is 2. The van der Waals surface area contributed by atoms with Gasteiger partial charge in [0.15, 0.2) is 0 Å². The molecule has 0 spiro atoms. The lowest BCUT2D eigenvalue weighted by Crippen LogP contribution is -2.45. The second-order valence-electron chi connectivity index (χ2n) is 7.35. The third kappa shape index (κ3) is 4.49. The largest absolute Gasteiger partial charge is 0.391 e. The lowest BCUT2D eigenvalue weighted by molar-refractivity contribution is 0.0714. The van der Waals surface area contributed by atoms with E-state index in [-0.39, 0.29) is 17.6 Å². The van der Waals surface area contributed by atoms with E-state index in [0.717, 1.165) is 24.9 Å². The maximum atomic E-state index is 12.9. The van der Waals surface area contributed by atoms with Crippen molar-refractivity contribution in [1.82, 2.24) is 14.9 Å². The van der Waals surface area contributed by atoms with Crippen LogP contribution in [-0.2, 0) is 0 Å². The zero-order valence-corrected chi connectivity index (χ0v) is 18.3. The third-order valence-corrected chi connectivity index (χ3v) is 6.06. The molecule has 1 aliphatic carbocycles. The molecule has 0 aliphatic heterocycles. The summed E-state index contributed by atoms with van der Waals surface area (Å²) in [5.41, 5.74) is 1.67. The van der Waals surface area contributed by atoms with Gasteiger partial charge in [0.2, 0.25) is 0 Å². The fraction of sp³-hybridized carbons (Fsp3) is 0.273. The minimum absolute atomic E-state index is 0.240. The molecule has 0 unspecified atom stereocenters. The van der Waals surface area contributed by atoms with Crippen molar-refractivity contribution < 1.29 is 9.90 Å². The van der Waals surface area contributed by atoms with Gasteiger partial charge in [-0.25, -0.2) is 4.98 Å². The first kappa shape index (κ1) is 21.2. The summed E-state index contributed by atoms with van der Waals surface area (Å²) >= 11 is 18.5. The number of amides is 1. The van der Waals surface area contributed by atoms with Crippen molar-refractivity contribution in [3.63, 3.8) is 0 Å². The minimum Gasteiger partial charge on any atom is -0.391 e. The van der Waals surface area contributed by atoms with E-state index in [9.17, 15) is 9.90 Å². The maximum absolute atomic E-state index is 12.9. The fourth-order valence-corrected chi connectivity index (χ4v) is 4.29. The molecule has 0 radical (unpaired) electrons. The number of aliphatic hydroxyl groups excluding tert-OH is 1. The van der Waals surface area contributed by atoms with Crippen molar-refractivity contribution in [3.05, 3.63) is 69.4 Å². The topological polar surface area (TPSA) is 67.2 Å². The van der Waals surface area contributed by atoms with Gasteiger partial charge in [-0.1, -0.05) is 47.6 Å². The Hall–Kier alpha value is -2.05. The summed E-state index contributed by atoms with van der Waals surface area (Å²) in [7, 11) is 0. The Kier molecular flexibility index (Phi) is 6.34. The van der Waals surface area contributed by atoms with E-state index in [4.69, 9.17) is 34.8 Å². The SMILES string of the molecule is O=C(N[C@H]1CCCC[C@@H]1O)c1cn(-c2ccc(Cl)cc2)c(-c2ccc(Cl)cc2Cl)n1. The van der Waals surface area contributed by atoms with Crippen LogP contribution in [0.2, 0.25) is 15.1 Å². The van der Waals surface area contributed by atoms with Crippen LogP contribution in [0.3, 0.4) is 0 Å². The molecule has 0 saturated heterocycles. The third-order valence-electron chi connectivity index (χ3n) is 5.26. The van der Waals surface area contributed by atoms with Crippen LogP contribution in [0.4, 0.5) is 0 Å². The Balaban J connectivity index is 1.73. The average Bonchev–Trinajstić information content (AvgIpc) is 3.15. The van der Waals surface area contributed by atoms with Gasteiger partial charge < -0.3 is 10.4 Å². The van der Waals surface area contributed by atoms with E-state index in [1.54, 1.807) is 41.1 Å². The molecule has 156 valence electrons. The van der Waals surface area contributed by atoms with Crippen LogP contribution in [0.5, 0.6) is 0 Å². The quantitative estimate of drug-likeness (QED) is 0.533. The summed E-state index contributed by atoms with van der Waals surface area (Å²) in [5.74, 6) is 0.174. The average molecular weight is 465 g/mol. The molecule has 1 aliphatic rings. The summed E-state index contributed by atoms with van der Waals surface area (Å²) in [5, 5.41) is 14.7. The predicted molar refractivity (Wildman–Crippen MR) is 120 cm³/mol. The zero-order valence-electron chi connectivity index (χ0n) is 16.0. The molecule has 1 fully saturated rings. The van der Waals surface area contributed by atoms with Gasteiger partial charge >= 0.3 is 0 Å². The van der Waals surface area contributed by atoms with Crippen LogP contribution in [0.15, 0.2) is 48.7 Å². The monoisotopic (exact) mass is 463 g/mol. The number of carbonyl (C=O) groups excluding carboxylic acids is 1. The molecule has 1 amide bonds. The molecule has 8 heteroatoms. The number of nitrogens with one attached hydrogen (secondary N) is 1. The van der Waals surface area contributed by atoms with Gasteiger partial charge in [-0.15, -0.1) is 0 Å². The van der Waals surface area contributed by atoms with Gasteiger partial charge in [0.1, 0.15) is 11.5 Å². The number of aliphatic hydroxyl groups is 1. The Morgan fingerprint density at radius 3 is 2.43 bits per heavy atom. The predicted octanol–water partition coefficient (Wildman–Crippen LogP) is 5.53. The standard InChI is InChI=1S/C22H20Cl3N3O2/c23-13-5-8-15(9-6-13)28-12-19(22(30)27-18-3-1-2-4-20(18)29)26-21(28)16-10-7-14(24)11-17(16)25/h5-12,18,20,29H,1-4H2,(H,27,30)/t18-,20-/m0/s1. The van der Waals surface area contributed by atoms with Crippen molar-refractivity contribution in [2.75, 3.05) is 0 Å². The summed E-state index contributed by atoms with van der Waals surface area (Å²) in [6.45, 7) is 0.